The molecule has 1 aliphatic heterocycles. The van der Waals surface area contributed by atoms with Gasteiger partial charge in [0.2, 0.25) is 0 Å². The van der Waals surface area contributed by atoms with E-state index < -0.39 is 5.97 Å². The second-order valence-electron chi connectivity index (χ2n) is 3.28. The molecule has 1 heterocycles. The van der Waals surface area contributed by atoms with Gasteiger partial charge in [0, 0.05) is 5.57 Å². The van der Waals surface area contributed by atoms with Crippen LogP contribution in [0.5, 0.6) is 11.5 Å². The van der Waals surface area contributed by atoms with Crippen molar-refractivity contribution >= 4 is 5.97 Å². The number of fused-ring (bicyclic) bond motifs is 1. The van der Waals surface area contributed by atoms with Gasteiger partial charge in [0.05, 0.1) is 0 Å². The lowest BCUT2D eigenvalue weighted by Crippen LogP contribution is -2.02. The Hall–Kier alpha value is -1.81. The van der Waals surface area contributed by atoms with Crippen LogP contribution in [0.2, 0.25) is 0 Å². The summed E-state index contributed by atoms with van der Waals surface area (Å²) in [4.78, 5) is 13.8. The molecule has 0 saturated heterocycles. The molecule has 0 saturated carbocycles. The average molecular weight is 222 g/mol. The highest BCUT2D eigenvalue weighted by Crippen LogP contribution is 2.43. The molecule has 0 aromatic heterocycles. The summed E-state index contributed by atoms with van der Waals surface area (Å²) in [6, 6.07) is 7.84. The molecule has 0 fully saturated rings. The van der Waals surface area contributed by atoms with Crippen molar-refractivity contribution in [3.8, 4) is 11.5 Å². The minimum Gasteiger partial charge on any atom is -0.450 e. The van der Waals surface area contributed by atoms with Gasteiger partial charge < -0.3 is 4.74 Å². The van der Waals surface area contributed by atoms with E-state index in [2.05, 4.69) is 11.5 Å². The quantitative estimate of drug-likeness (QED) is 0.375. The summed E-state index contributed by atoms with van der Waals surface area (Å²) >= 11 is 0. The van der Waals surface area contributed by atoms with Gasteiger partial charge in [-0.2, -0.15) is 5.26 Å². The second kappa shape index (κ2) is 5.92. The van der Waals surface area contributed by atoms with Gasteiger partial charge in [0.15, 0.2) is 11.5 Å². The summed E-state index contributed by atoms with van der Waals surface area (Å²) in [6.07, 6.45) is 1.40. The van der Waals surface area contributed by atoms with Gasteiger partial charge in [-0.1, -0.05) is 32.1 Å². The van der Waals surface area contributed by atoms with E-state index in [0.717, 1.165) is 17.9 Å². The third-order valence-corrected chi connectivity index (χ3v) is 1.95. The summed E-state index contributed by atoms with van der Waals surface area (Å²) in [6.45, 7) is 5.29. The van der Waals surface area contributed by atoms with E-state index in [-0.39, 0.29) is 0 Å². The first kappa shape index (κ1) is 12.3. The maximum atomic E-state index is 10.3. The van der Waals surface area contributed by atoms with Crippen molar-refractivity contribution in [1.29, 1.82) is 0 Å². The number of benzene rings is 1. The second-order valence-corrected chi connectivity index (χ2v) is 3.28. The maximum Gasteiger partial charge on any atom is 0.368 e. The molecule has 0 unspecified atom stereocenters. The lowest BCUT2D eigenvalue weighted by atomic mass is 10.2. The fourth-order valence-corrected chi connectivity index (χ4v) is 1.08. The Morgan fingerprint density at radius 2 is 2.00 bits per heavy atom. The van der Waals surface area contributed by atoms with Crippen molar-refractivity contribution < 1.29 is 19.7 Å². The van der Waals surface area contributed by atoms with Crippen molar-refractivity contribution in [1.82, 2.24) is 0 Å². The molecule has 4 heteroatoms. The standard InChI is InChI=1S/C6H10O3.C6H4O/c1-3-4-5(2)6(7)9-8;1-2-4-6-5(3-1)7-6/h8H,2-4H2,1H3;1-4H. The number of rotatable bonds is 3. The molecule has 86 valence electrons. The van der Waals surface area contributed by atoms with Crippen LogP contribution >= 0.6 is 0 Å². The highest BCUT2D eigenvalue weighted by atomic mass is 17.1. The number of carbonyl (C=O) groups is 1. The molecule has 0 atom stereocenters. The predicted molar refractivity (Wildman–Crippen MR) is 59.3 cm³/mol. The Labute approximate surface area is 94.0 Å². The monoisotopic (exact) mass is 222 g/mol. The predicted octanol–water partition coefficient (Wildman–Crippen LogP) is 3.15. The first-order valence-corrected chi connectivity index (χ1v) is 4.99. The number of ether oxygens (including phenoxy) is 1. The van der Waals surface area contributed by atoms with Crippen LogP contribution < -0.4 is 4.74 Å². The minimum absolute atomic E-state index is 0.306. The van der Waals surface area contributed by atoms with E-state index in [4.69, 9.17) is 9.99 Å². The highest BCUT2D eigenvalue weighted by Gasteiger charge is 2.15. The van der Waals surface area contributed by atoms with Crippen LogP contribution in [0.25, 0.3) is 0 Å². The van der Waals surface area contributed by atoms with E-state index >= 15 is 0 Å². The molecule has 4 nitrogen and oxygen atoms in total. The van der Waals surface area contributed by atoms with Crippen LogP contribution in [0.3, 0.4) is 0 Å². The van der Waals surface area contributed by atoms with Crippen LogP contribution in [-0.2, 0) is 9.68 Å². The van der Waals surface area contributed by atoms with Gasteiger partial charge in [0.25, 0.3) is 0 Å². The smallest absolute Gasteiger partial charge is 0.368 e. The maximum absolute atomic E-state index is 10.3. The third kappa shape index (κ3) is 3.74. The lowest BCUT2D eigenvalue weighted by molar-refractivity contribution is -0.229. The van der Waals surface area contributed by atoms with Gasteiger partial charge >= 0.3 is 5.97 Å². The summed E-state index contributed by atoms with van der Waals surface area (Å²) in [5.41, 5.74) is 0.306. The first-order chi connectivity index (χ1) is 7.69. The van der Waals surface area contributed by atoms with Crippen molar-refractivity contribution in [2.75, 3.05) is 0 Å². The molecule has 1 aromatic rings. The number of hydrogen-bond acceptors (Lipinski definition) is 4. The zero-order valence-electron chi connectivity index (χ0n) is 9.10. The van der Waals surface area contributed by atoms with Crippen molar-refractivity contribution in [3.05, 3.63) is 36.4 Å². The van der Waals surface area contributed by atoms with Crippen LogP contribution in [0, 0.1) is 0 Å². The van der Waals surface area contributed by atoms with Gasteiger partial charge in [-0.15, -0.1) is 0 Å². The zero-order valence-corrected chi connectivity index (χ0v) is 9.10. The van der Waals surface area contributed by atoms with Gasteiger partial charge in [-0.05, 0) is 18.6 Å². The van der Waals surface area contributed by atoms with E-state index in [0.29, 0.717) is 12.0 Å². The molecule has 1 aliphatic rings. The Kier molecular flexibility index (Phi) is 4.54. The minimum atomic E-state index is -0.739. The van der Waals surface area contributed by atoms with E-state index in [9.17, 15) is 4.79 Å². The van der Waals surface area contributed by atoms with E-state index in [1.54, 1.807) is 0 Å². The zero-order chi connectivity index (χ0) is 12.0. The van der Waals surface area contributed by atoms with Gasteiger partial charge in [-0.3, -0.25) is 4.89 Å². The Morgan fingerprint density at radius 1 is 1.44 bits per heavy atom. The Bertz CT molecular complexity index is 363. The summed E-state index contributed by atoms with van der Waals surface area (Å²) < 4.78 is 4.94. The molecular weight excluding hydrogens is 208 g/mol. The molecular formula is C12H14O4. The molecule has 0 aliphatic carbocycles. The highest BCUT2D eigenvalue weighted by molar-refractivity contribution is 5.87. The number of hydrogen-bond donors (Lipinski definition) is 1. The lowest BCUT2D eigenvalue weighted by Gasteiger charge is -1.96. The van der Waals surface area contributed by atoms with Crippen LogP contribution in [0.1, 0.15) is 19.8 Å². The number of carbonyl (C=O) groups excluding carboxylic acids is 1. The fourth-order valence-electron chi connectivity index (χ4n) is 1.08. The van der Waals surface area contributed by atoms with Crippen LogP contribution in [-0.4, -0.2) is 11.2 Å². The van der Waals surface area contributed by atoms with Crippen LogP contribution in [0.15, 0.2) is 36.4 Å². The summed E-state index contributed by atoms with van der Waals surface area (Å²) in [5.74, 6) is 1.32. The molecule has 0 bridgehead atoms. The SMILES string of the molecule is C=C(CCC)C(=O)OO.c1ccc2c(c1)O2. The van der Waals surface area contributed by atoms with Crippen molar-refractivity contribution in [2.45, 2.75) is 19.8 Å². The largest absolute Gasteiger partial charge is 0.450 e. The fraction of sp³-hybridized carbons (Fsp3) is 0.250. The number of para-hydroxylation sites is 2. The van der Waals surface area contributed by atoms with Crippen molar-refractivity contribution in [2.24, 2.45) is 0 Å². The molecule has 1 aromatic carbocycles. The van der Waals surface area contributed by atoms with Crippen LogP contribution in [0.4, 0.5) is 0 Å². The Balaban J connectivity index is 0.000000163. The Morgan fingerprint density at radius 3 is 2.38 bits per heavy atom. The molecule has 0 spiro atoms. The van der Waals surface area contributed by atoms with Gasteiger partial charge in [0.1, 0.15) is 0 Å². The third-order valence-electron chi connectivity index (χ3n) is 1.95. The first-order valence-electron chi connectivity index (χ1n) is 4.99. The molecule has 16 heavy (non-hydrogen) atoms. The van der Waals surface area contributed by atoms with Crippen molar-refractivity contribution in [3.63, 3.8) is 0 Å². The summed E-state index contributed by atoms with van der Waals surface area (Å²) in [7, 11) is 0. The average Bonchev–Trinajstić information content (AvgIpc) is 3.08. The van der Waals surface area contributed by atoms with E-state index in [1.807, 2.05) is 31.2 Å². The van der Waals surface area contributed by atoms with E-state index in [1.165, 1.54) is 0 Å². The van der Waals surface area contributed by atoms with Gasteiger partial charge in [-0.25, -0.2) is 4.79 Å². The molecule has 2 rings (SSSR count). The molecule has 0 radical (unpaired) electrons. The summed E-state index contributed by atoms with van der Waals surface area (Å²) in [5, 5.41) is 7.82. The molecule has 0 amide bonds. The topological polar surface area (TPSA) is 59.1 Å². The normalized spacial score (nSPS) is 10.1. The molecule has 1 N–H and O–H groups in total.